The monoisotopic (exact) mass is 463 g/mol. The largest absolute Gasteiger partial charge is 0.382 e. The Morgan fingerprint density at radius 1 is 1.21 bits per heavy atom. The topological polar surface area (TPSA) is 74.5 Å². The van der Waals surface area contributed by atoms with E-state index in [9.17, 15) is 4.79 Å². The van der Waals surface area contributed by atoms with Crippen LogP contribution in [0.4, 0.5) is 10.9 Å². The SMILES string of the molecule is CN(C)C1CCN(C2C=CC(Nc3nc(N)c(C(=O)c4cccc(C5CC5)c4)s3)=CC2)CC1. The van der Waals surface area contributed by atoms with Crippen molar-refractivity contribution in [3.8, 4) is 0 Å². The number of carbonyl (C=O) groups excluding carboxylic acids is 1. The first kappa shape index (κ1) is 22.3. The van der Waals surface area contributed by atoms with Gasteiger partial charge in [0.05, 0.1) is 0 Å². The lowest BCUT2D eigenvalue weighted by Crippen LogP contribution is -2.45. The van der Waals surface area contributed by atoms with E-state index in [2.05, 4.69) is 58.5 Å². The number of nitrogen functional groups attached to an aromatic ring is 1. The predicted octanol–water partition coefficient (Wildman–Crippen LogP) is 4.48. The maximum absolute atomic E-state index is 13.1. The Bertz CT molecular complexity index is 1080. The van der Waals surface area contributed by atoms with Crippen LogP contribution in [0.1, 0.15) is 58.8 Å². The number of carbonyl (C=O) groups is 1. The molecule has 2 heterocycles. The van der Waals surface area contributed by atoms with Crippen LogP contribution in [-0.4, -0.2) is 59.8 Å². The number of nitrogens with one attached hydrogen (secondary N) is 1. The second kappa shape index (κ2) is 9.41. The zero-order chi connectivity index (χ0) is 22.9. The zero-order valence-corrected chi connectivity index (χ0v) is 20.3. The molecule has 7 heteroatoms. The Balaban J connectivity index is 1.20. The Kier molecular flexibility index (Phi) is 6.36. The number of allylic oxidation sites excluding steroid dienone is 1. The summed E-state index contributed by atoms with van der Waals surface area (Å²) in [7, 11) is 4.36. The highest BCUT2D eigenvalue weighted by atomic mass is 32.1. The van der Waals surface area contributed by atoms with Gasteiger partial charge in [-0.3, -0.25) is 9.69 Å². The second-order valence-corrected chi connectivity index (χ2v) is 10.6. The number of ketones is 1. The Morgan fingerprint density at radius 3 is 2.67 bits per heavy atom. The normalized spacial score (nSPS) is 21.9. The maximum atomic E-state index is 13.1. The maximum Gasteiger partial charge on any atom is 0.206 e. The molecule has 0 bridgehead atoms. The van der Waals surface area contributed by atoms with Gasteiger partial charge >= 0.3 is 0 Å². The van der Waals surface area contributed by atoms with Gasteiger partial charge in [0, 0.05) is 36.4 Å². The molecule has 3 N–H and O–H groups in total. The Hall–Kier alpha value is -2.48. The summed E-state index contributed by atoms with van der Waals surface area (Å²) in [4.78, 5) is 22.9. The van der Waals surface area contributed by atoms with Crippen LogP contribution >= 0.6 is 11.3 Å². The van der Waals surface area contributed by atoms with E-state index in [1.54, 1.807) is 0 Å². The van der Waals surface area contributed by atoms with Gasteiger partial charge in [-0.2, -0.15) is 0 Å². The van der Waals surface area contributed by atoms with Crippen molar-refractivity contribution in [3.63, 3.8) is 0 Å². The molecule has 174 valence electrons. The number of nitrogens with two attached hydrogens (primary N) is 1. The highest BCUT2D eigenvalue weighted by molar-refractivity contribution is 7.18. The van der Waals surface area contributed by atoms with Crippen LogP contribution < -0.4 is 11.1 Å². The van der Waals surface area contributed by atoms with Crippen LogP contribution in [0.2, 0.25) is 0 Å². The predicted molar refractivity (Wildman–Crippen MR) is 136 cm³/mol. The number of likely N-dealkylation sites (tertiary alicyclic amines) is 1. The number of nitrogens with zero attached hydrogens (tertiary/aromatic N) is 3. The summed E-state index contributed by atoms with van der Waals surface area (Å²) < 4.78 is 0. The summed E-state index contributed by atoms with van der Waals surface area (Å²) in [5.41, 5.74) is 9.09. The molecule has 1 unspecified atom stereocenters. The highest BCUT2D eigenvalue weighted by Gasteiger charge is 2.27. The van der Waals surface area contributed by atoms with E-state index in [0.717, 1.165) is 25.2 Å². The van der Waals surface area contributed by atoms with Crippen molar-refractivity contribution < 1.29 is 4.79 Å². The van der Waals surface area contributed by atoms with Crippen LogP contribution in [0.15, 0.2) is 48.2 Å². The number of anilines is 2. The molecule has 0 spiro atoms. The van der Waals surface area contributed by atoms with Crippen LogP contribution in [0.25, 0.3) is 0 Å². The van der Waals surface area contributed by atoms with Crippen molar-refractivity contribution in [2.45, 2.75) is 50.1 Å². The molecule has 2 aromatic rings. The van der Waals surface area contributed by atoms with E-state index in [0.29, 0.717) is 39.4 Å². The van der Waals surface area contributed by atoms with E-state index < -0.39 is 0 Å². The molecule has 1 saturated carbocycles. The molecule has 1 aromatic carbocycles. The number of rotatable bonds is 7. The molecule has 5 rings (SSSR count). The third-order valence-corrected chi connectivity index (χ3v) is 8.07. The van der Waals surface area contributed by atoms with Crippen LogP contribution in [0, 0.1) is 0 Å². The van der Waals surface area contributed by atoms with Gasteiger partial charge in [0.25, 0.3) is 0 Å². The van der Waals surface area contributed by atoms with Gasteiger partial charge in [-0.25, -0.2) is 4.98 Å². The average molecular weight is 464 g/mol. The minimum atomic E-state index is -0.0464. The lowest BCUT2D eigenvalue weighted by molar-refractivity contribution is 0.104. The second-order valence-electron chi connectivity index (χ2n) is 9.64. The van der Waals surface area contributed by atoms with E-state index in [1.807, 2.05) is 18.2 Å². The van der Waals surface area contributed by atoms with Crippen molar-refractivity contribution in [2.75, 3.05) is 38.2 Å². The van der Waals surface area contributed by atoms with E-state index >= 15 is 0 Å². The molecule has 2 aliphatic carbocycles. The fraction of sp³-hybridized carbons (Fsp3) is 0.462. The van der Waals surface area contributed by atoms with Crippen molar-refractivity contribution in [1.82, 2.24) is 14.8 Å². The molecule has 2 fully saturated rings. The molecule has 1 atom stereocenters. The first-order valence-corrected chi connectivity index (χ1v) is 12.8. The number of thiazole rings is 1. The van der Waals surface area contributed by atoms with E-state index in [4.69, 9.17) is 5.73 Å². The lowest BCUT2D eigenvalue weighted by Gasteiger charge is -2.39. The van der Waals surface area contributed by atoms with Gasteiger partial charge < -0.3 is 16.0 Å². The van der Waals surface area contributed by atoms with Gasteiger partial charge in [0.15, 0.2) is 5.13 Å². The fourth-order valence-corrected chi connectivity index (χ4v) is 5.73. The summed E-state index contributed by atoms with van der Waals surface area (Å²) in [6.45, 7) is 2.29. The molecule has 1 saturated heterocycles. The van der Waals surface area contributed by atoms with Gasteiger partial charge in [-0.15, -0.1) is 0 Å². The lowest BCUT2D eigenvalue weighted by atomic mass is 9.99. The summed E-state index contributed by atoms with van der Waals surface area (Å²) >= 11 is 1.33. The zero-order valence-electron chi connectivity index (χ0n) is 19.5. The molecule has 3 aliphatic rings. The summed E-state index contributed by atoms with van der Waals surface area (Å²) in [6, 6.07) is 9.11. The molecular formula is C26H33N5OS. The van der Waals surface area contributed by atoms with Crippen LogP contribution in [0.5, 0.6) is 0 Å². The number of hydrogen-bond donors (Lipinski definition) is 2. The summed E-state index contributed by atoms with van der Waals surface area (Å²) in [5.74, 6) is 0.864. The van der Waals surface area contributed by atoms with Crippen LogP contribution in [0.3, 0.4) is 0 Å². The van der Waals surface area contributed by atoms with E-state index in [1.165, 1.54) is 42.6 Å². The highest BCUT2D eigenvalue weighted by Crippen LogP contribution is 2.40. The van der Waals surface area contributed by atoms with Crippen LogP contribution in [-0.2, 0) is 0 Å². The first-order valence-electron chi connectivity index (χ1n) is 11.9. The molecule has 1 aromatic heterocycles. The quantitative estimate of drug-likeness (QED) is 0.590. The third kappa shape index (κ3) is 5.05. The van der Waals surface area contributed by atoms with Crippen molar-refractivity contribution in [2.24, 2.45) is 0 Å². The smallest absolute Gasteiger partial charge is 0.206 e. The number of benzene rings is 1. The molecule has 6 nitrogen and oxygen atoms in total. The van der Waals surface area contributed by atoms with Gasteiger partial charge in [0.1, 0.15) is 10.7 Å². The van der Waals surface area contributed by atoms with Crippen molar-refractivity contribution in [3.05, 3.63) is 64.2 Å². The fourth-order valence-electron chi connectivity index (χ4n) is 4.86. The van der Waals surface area contributed by atoms with Gasteiger partial charge in [-0.05, 0) is 69.8 Å². The van der Waals surface area contributed by atoms with Crippen molar-refractivity contribution in [1.29, 1.82) is 0 Å². The number of aromatic nitrogens is 1. The van der Waals surface area contributed by atoms with Gasteiger partial charge in [-0.1, -0.05) is 41.7 Å². The molecule has 1 aliphatic heterocycles. The first-order chi connectivity index (χ1) is 16.0. The summed E-state index contributed by atoms with van der Waals surface area (Å²) in [6.07, 6.45) is 12.5. The molecule has 33 heavy (non-hydrogen) atoms. The standard InChI is InChI=1S/C26H33N5OS/c1-30(2)21-12-14-31(15-13-21)22-10-8-20(9-11-22)28-26-29-25(27)24(33-26)23(32)19-5-3-4-18(16-19)17-6-7-17/h3-5,8-10,16-17,21-22H,6-7,11-15,27H2,1-2H3,(H,28,29). The third-order valence-electron chi connectivity index (χ3n) is 7.08. The molecule has 0 amide bonds. The molecule has 0 radical (unpaired) electrons. The number of piperidine rings is 1. The van der Waals surface area contributed by atoms with Crippen molar-refractivity contribution >= 4 is 28.1 Å². The Morgan fingerprint density at radius 2 is 2.00 bits per heavy atom. The minimum absolute atomic E-state index is 0.0464. The Labute approximate surface area is 200 Å². The van der Waals surface area contributed by atoms with E-state index in [-0.39, 0.29) is 5.78 Å². The molecular weight excluding hydrogens is 430 g/mol. The van der Waals surface area contributed by atoms with Gasteiger partial charge in [0.2, 0.25) is 5.78 Å². The minimum Gasteiger partial charge on any atom is -0.382 e. The average Bonchev–Trinajstić information content (AvgIpc) is 3.62. The number of hydrogen-bond acceptors (Lipinski definition) is 7. The summed E-state index contributed by atoms with van der Waals surface area (Å²) in [5, 5.41) is 4.02.